The van der Waals surface area contributed by atoms with E-state index in [4.69, 9.17) is 0 Å². The van der Waals surface area contributed by atoms with Gasteiger partial charge >= 0.3 is 0 Å². The van der Waals surface area contributed by atoms with Gasteiger partial charge in [-0.1, -0.05) is 29.0 Å². The number of aryl methyl sites for hydroxylation is 2. The Morgan fingerprint density at radius 1 is 1.13 bits per heavy atom. The molecule has 0 unspecified atom stereocenters. The first-order valence-corrected chi connectivity index (χ1v) is 10.4. The number of nitrogens with zero attached hydrogens (tertiary/aromatic N) is 2. The van der Waals surface area contributed by atoms with E-state index in [9.17, 15) is 8.42 Å². The number of benzene rings is 2. The third-order valence-corrected chi connectivity index (χ3v) is 6.75. The Balaban J connectivity index is 2.16. The van der Waals surface area contributed by atoms with E-state index in [2.05, 4.69) is 10.5 Å². The maximum atomic E-state index is 12.5. The van der Waals surface area contributed by atoms with Crippen LogP contribution in [0.1, 0.15) is 5.56 Å². The Kier molecular flexibility index (Phi) is 4.35. The van der Waals surface area contributed by atoms with Crippen LogP contribution in [-0.4, -0.2) is 19.2 Å². The second-order valence-corrected chi connectivity index (χ2v) is 8.65. The van der Waals surface area contributed by atoms with Gasteiger partial charge in [0.05, 0.1) is 15.1 Å². The molecule has 3 aromatic rings. The normalized spacial score (nSPS) is 12.9. The Labute approximate surface area is 143 Å². The molecule has 0 bridgehead atoms. The molecule has 0 aliphatic rings. The molecule has 23 heavy (non-hydrogen) atoms. The van der Waals surface area contributed by atoms with E-state index in [0.717, 1.165) is 20.7 Å². The molecule has 1 aromatic heterocycles. The van der Waals surface area contributed by atoms with Crippen LogP contribution >= 0.6 is 23.1 Å². The predicted octanol–water partition coefficient (Wildman–Crippen LogP) is 3.56. The minimum absolute atomic E-state index is 0.213. The Morgan fingerprint density at radius 2 is 1.83 bits per heavy atom. The van der Waals surface area contributed by atoms with Gasteiger partial charge in [0.1, 0.15) is 0 Å². The molecule has 0 N–H and O–H groups in total. The summed E-state index contributed by atoms with van der Waals surface area (Å²) in [7, 11) is -1.87. The smallest absolute Gasteiger partial charge is 0.285 e. The van der Waals surface area contributed by atoms with E-state index in [1.54, 1.807) is 36.0 Å². The number of hydrogen-bond acceptors (Lipinski definition) is 4. The zero-order valence-electron chi connectivity index (χ0n) is 13.0. The average Bonchev–Trinajstić information content (AvgIpc) is 2.82. The largest absolute Gasteiger partial charge is 0.319 e. The molecule has 0 saturated carbocycles. The van der Waals surface area contributed by atoms with Crippen LogP contribution in [0, 0.1) is 6.92 Å². The topological polar surface area (TPSA) is 51.4 Å². The monoisotopic (exact) mass is 364 g/mol. The van der Waals surface area contributed by atoms with Crippen LogP contribution in [0.4, 0.5) is 0 Å². The molecule has 2 aromatic carbocycles. The molecular formula is C16H16N2O2S3. The summed E-state index contributed by atoms with van der Waals surface area (Å²) in [6.45, 7) is 1.92. The molecule has 0 amide bonds. The molecule has 0 saturated heterocycles. The number of thioether (sulfide) groups is 1. The zero-order valence-corrected chi connectivity index (χ0v) is 15.4. The highest BCUT2D eigenvalue weighted by Gasteiger charge is 2.13. The van der Waals surface area contributed by atoms with Crippen molar-refractivity contribution >= 4 is 43.3 Å². The standard InChI is InChI=1S/C16H16N2O2S3/c1-11-4-7-13(8-5-11)23(19,20)17-16-18(2)14-9-6-12(21-3)10-15(14)22-16/h4-10H,1-3H3. The molecule has 0 radical (unpaired) electrons. The average molecular weight is 365 g/mol. The predicted molar refractivity (Wildman–Crippen MR) is 96.5 cm³/mol. The summed E-state index contributed by atoms with van der Waals surface area (Å²) in [5, 5.41) is 0. The fourth-order valence-corrected chi connectivity index (χ4v) is 4.99. The van der Waals surface area contributed by atoms with Gasteiger partial charge in [0.25, 0.3) is 10.0 Å². The highest BCUT2D eigenvalue weighted by Crippen LogP contribution is 2.24. The Morgan fingerprint density at radius 3 is 2.48 bits per heavy atom. The van der Waals surface area contributed by atoms with Crippen molar-refractivity contribution in [3.8, 4) is 0 Å². The van der Waals surface area contributed by atoms with Crippen molar-refractivity contribution in [2.75, 3.05) is 6.26 Å². The lowest BCUT2D eigenvalue weighted by atomic mass is 10.2. The number of aromatic nitrogens is 1. The summed E-state index contributed by atoms with van der Waals surface area (Å²) in [5.41, 5.74) is 1.99. The van der Waals surface area contributed by atoms with E-state index in [0.29, 0.717) is 4.80 Å². The minimum atomic E-state index is -3.71. The van der Waals surface area contributed by atoms with Gasteiger partial charge in [0.2, 0.25) is 4.80 Å². The van der Waals surface area contributed by atoms with Crippen LogP contribution in [0.25, 0.3) is 10.2 Å². The van der Waals surface area contributed by atoms with E-state index >= 15 is 0 Å². The lowest BCUT2D eigenvalue weighted by Crippen LogP contribution is -2.13. The number of rotatable bonds is 3. The van der Waals surface area contributed by atoms with E-state index < -0.39 is 10.0 Å². The van der Waals surface area contributed by atoms with Crippen molar-refractivity contribution in [3.63, 3.8) is 0 Å². The third kappa shape index (κ3) is 3.22. The second kappa shape index (κ2) is 6.14. The fourth-order valence-electron chi connectivity index (χ4n) is 2.20. The molecule has 0 aliphatic carbocycles. The highest BCUT2D eigenvalue weighted by atomic mass is 32.2. The first-order valence-electron chi connectivity index (χ1n) is 6.92. The summed E-state index contributed by atoms with van der Waals surface area (Å²) >= 11 is 3.04. The lowest BCUT2D eigenvalue weighted by molar-refractivity contribution is 0.596. The minimum Gasteiger partial charge on any atom is -0.319 e. The van der Waals surface area contributed by atoms with Crippen molar-refractivity contribution in [1.29, 1.82) is 0 Å². The first-order chi connectivity index (χ1) is 10.9. The molecule has 0 aliphatic heterocycles. The summed E-state index contributed by atoms with van der Waals surface area (Å²) in [5.74, 6) is 0. The fraction of sp³-hybridized carbons (Fsp3) is 0.188. The molecule has 0 fully saturated rings. The van der Waals surface area contributed by atoms with Crippen molar-refractivity contribution in [2.45, 2.75) is 16.7 Å². The molecule has 4 nitrogen and oxygen atoms in total. The Bertz CT molecular complexity index is 1030. The van der Waals surface area contributed by atoms with Crippen molar-refractivity contribution < 1.29 is 8.42 Å². The summed E-state index contributed by atoms with van der Waals surface area (Å²) < 4.78 is 31.8. The second-order valence-electron chi connectivity index (χ2n) is 5.16. The van der Waals surface area contributed by atoms with Gasteiger partial charge in [-0.25, -0.2) is 0 Å². The van der Waals surface area contributed by atoms with Gasteiger partial charge < -0.3 is 4.57 Å². The maximum Gasteiger partial charge on any atom is 0.285 e. The Hall–Kier alpha value is -1.57. The van der Waals surface area contributed by atoms with E-state index in [1.807, 2.05) is 36.9 Å². The summed E-state index contributed by atoms with van der Waals surface area (Å²) in [4.78, 5) is 1.83. The van der Waals surface area contributed by atoms with Crippen molar-refractivity contribution in [1.82, 2.24) is 4.57 Å². The van der Waals surface area contributed by atoms with Gasteiger partial charge in [-0.2, -0.15) is 8.42 Å². The van der Waals surface area contributed by atoms with Crippen LogP contribution in [0.5, 0.6) is 0 Å². The molecule has 7 heteroatoms. The van der Waals surface area contributed by atoms with Crippen molar-refractivity contribution in [3.05, 3.63) is 52.8 Å². The van der Waals surface area contributed by atoms with Crippen LogP contribution < -0.4 is 4.80 Å². The molecule has 3 rings (SSSR count). The van der Waals surface area contributed by atoms with E-state index in [1.165, 1.54) is 11.3 Å². The molecule has 120 valence electrons. The number of sulfonamides is 1. The zero-order chi connectivity index (χ0) is 16.6. The SMILES string of the molecule is CSc1ccc2c(c1)sc(=NS(=O)(=O)c1ccc(C)cc1)n2C. The van der Waals surface area contributed by atoms with Crippen LogP contribution in [-0.2, 0) is 17.1 Å². The third-order valence-electron chi connectivity index (χ3n) is 3.53. The van der Waals surface area contributed by atoms with Crippen LogP contribution in [0.2, 0.25) is 0 Å². The maximum absolute atomic E-state index is 12.5. The van der Waals surface area contributed by atoms with Gasteiger partial charge in [-0.15, -0.1) is 16.2 Å². The number of fused-ring (bicyclic) bond motifs is 1. The van der Waals surface area contributed by atoms with Crippen molar-refractivity contribution in [2.24, 2.45) is 11.4 Å². The van der Waals surface area contributed by atoms with Crippen LogP contribution in [0.3, 0.4) is 0 Å². The van der Waals surface area contributed by atoms with Gasteiger partial charge in [0, 0.05) is 11.9 Å². The highest BCUT2D eigenvalue weighted by molar-refractivity contribution is 7.98. The summed E-state index contributed by atoms with van der Waals surface area (Å²) in [6, 6.07) is 12.8. The van der Waals surface area contributed by atoms with Crippen LogP contribution in [0.15, 0.2) is 56.7 Å². The quantitative estimate of drug-likeness (QED) is 0.668. The number of thiazole rings is 1. The summed E-state index contributed by atoms with van der Waals surface area (Å²) in [6.07, 6.45) is 2.02. The molecule has 1 heterocycles. The molecule has 0 spiro atoms. The lowest BCUT2D eigenvalue weighted by Gasteiger charge is -1.99. The van der Waals surface area contributed by atoms with Gasteiger partial charge in [0.15, 0.2) is 0 Å². The molecular weight excluding hydrogens is 348 g/mol. The first kappa shape index (κ1) is 16.3. The van der Waals surface area contributed by atoms with Gasteiger partial charge in [-0.05, 0) is 43.5 Å². The number of hydrogen-bond donors (Lipinski definition) is 0. The molecule has 0 atom stereocenters. The van der Waals surface area contributed by atoms with E-state index in [-0.39, 0.29) is 4.90 Å². The van der Waals surface area contributed by atoms with Gasteiger partial charge in [-0.3, -0.25) is 0 Å².